The first-order chi connectivity index (χ1) is 0. The molecule has 0 aromatic rings. The molecular formula is H2GaInSSe. The Morgan fingerprint density at radius 1 is 1.00 bits per heavy atom. The molecule has 0 N–H and O–H groups in total. The molecule has 0 bridgehead atoms. The van der Waals surface area contributed by atoms with E-state index in [2.05, 4.69) is 0 Å². The van der Waals surface area contributed by atoms with E-state index >= 15 is 0 Å². The van der Waals surface area contributed by atoms with Gasteiger partial charge in [-0.2, -0.15) is 13.5 Å². The molecule has 0 saturated carbocycles. The Labute approximate surface area is 75.2 Å². The molecule has 0 spiro atoms. The van der Waals surface area contributed by atoms with Gasteiger partial charge in [0.05, 0.1) is 0 Å². The van der Waals surface area contributed by atoms with Crippen LogP contribution >= 0.6 is 13.5 Å². The van der Waals surface area contributed by atoms with Crippen LogP contribution in [0.3, 0.4) is 0 Å². The van der Waals surface area contributed by atoms with Gasteiger partial charge in [-0.05, 0) is 0 Å². The first-order valence-electron chi connectivity index (χ1n) is 0. The van der Waals surface area contributed by atoms with Crippen molar-refractivity contribution in [1.82, 2.24) is 0 Å². The minimum atomic E-state index is 0. The Balaban J connectivity index is 0. The Morgan fingerprint density at radius 2 is 1.00 bits per heavy atom. The molecule has 0 aliphatic carbocycles. The van der Waals surface area contributed by atoms with Crippen molar-refractivity contribution in [3.8, 4) is 0 Å². The van der Waals surface area contributed by atoms with Crippen molar-refractivity contribution in [2.24, 2.45) is 0 Å². The van der Waals surface area contributed by atoms with Gasteiger partial charge in [-0.3, -0.25) is 0 Å². The van der Waals surface area contributed by atoms with Gasteiger partial charge in [-0.15, -0.1) is 0 Å². The maximum atomic E-state index is 0. The number of rotatable bonds is 0. The molecule has 0 unspecified atom stereocenters. The van der Waals surface area contributed by atoms with Gasteiger partial charge in [0.25, 0.3) is 0 Å². The molecule has 4 heteroatoms. The van der Waals surface area contributed by atoms with E-state index in [1.807, 2.05) is 0 Å². The van der Waals surface area contributed by atoms with Crippen LogP contribution in [0.1, 0.15) is 0 Å². The minimum absolute atomic E-state index is 0. The second kappa shape index (κ2) is 18.2. The molecule has 0 atom stereocenters. The summed E-state index contributed by atoms with van der Waals surface area (Å²) in [4.78, 5) is 0. The second-order valence-corrected chi connectivity index (χ2v) is 0. The zero-order chi connectivity index (χ0) is 0. The summed E-state index contributed by atoms with van der Waals surface area (Å²) in [5, 5.41) is 0. The SMILES string of the molecule is S.[Ga].[In].[Se]. The monoisotopic (exact) mass is 298 g/mol. The van der Waals surface area contributed by atoms with Crippen LogP contribution in [0.15, 0.2) is 0 Å². The summed E-state index contributed by atoms with van der Waals surface area (Å²) in [6.45, 7) is 0. The third-order valence-corrected chi connectivity index (χ3v) is 0. The first-order valence-corrected chi connectivity index (χ1v) is 0. The number of hydrogen-bond acceptors (Lipinski definition) is 0. The standard InChI is InChI=1S/Ga.In.H2S.Se/h;;1H2;. The van der Waals surface area contributed by atoms with Crippen molar-refractivity contribution in [3.63, 3.8) is 0 Å². The molecule has 0 aromatic heterocycles. The van der Waals surface area contributed by atoms with Crippen LogP contribution in [0.2, 0.25) is 0 Å². The second-order valence-electron chi connectivity index (χ2n) is 0. The molecule has 0 amide bonds. The van der Waals surface area contributed by atoms with Crippen LogP contribution in [0.4, 0.5) is 0 Å². The topological polar surface area (TPSA) is 0 Å². The fraction of sp³-hybridized carbons (Fsp3) is 0. The van der Waals surface area contributed by atoms with Crippen molar-refractivity contribution in [1.29, 1.82) is 0 Å². The van der Waals surface area contributed by atoms with E-state index in [0.29, 0.717) is 0 Å². The van der Waals surface area contributed by atoms with E-state index in [0.717, 1.165) is 0 Å². The molecule has 8 radical (unpaired) electrons. The minimum Gasteiger partial charge on any atom is -0.197 e. The summed E-state index contributed by atoms with van der Waals surface area (Å²) >= 11 is 0. The largest absolute Gasteiger partial charge is 0.197 e. The Bertz CT molecular complexity index is 8.00. The van der Waals surface area contributed by atoms with Crippen LogP contribution in [0, 0.1) is 0 Å². The van der Waals surface area contributed by atoms with Crippen LogP contribution in [0.5, 0.6) is 0 Å². The van der Waals surface area contributed by atoms with Crippen LogP contribution in [-0.2, 0) is 0 Å². The van der Waals surface area contributed by atoms with Crippen molar-refractivity contribution in [2.75, 3.05) is 0 Å². The Hall–Kier alpha value is 2.38. The summed E-state index contributed by atoms with van der Waals surface area (Å²) in [5.74, 6) is 0. The maximum absolute atomic E-state index is 0. The van der Waals surface area contributed by atoms with Crippen molar-refractivity contribution in [3.05, 3.63) is 0 Å². The third kappa shape index (κ3) is 8.83. The van der Waals surface area contributed by atoms with Gasteiger partial charge in [0.15, 0.2) is 0 Å². The van der Waals surface area contributed by atoms with Gasteiger partial charge in [0, 0.05) is 62.7 Å². The molecule has 4 heavy (non-hydrogen) atoms. The summed E-state index contributed by atoms with van der Waals surface area (Å²) in [7, 11) is 0. The predicted octanol–water partition coefficient (Wildman–Crippen LogP) is -1.03. The van der Waals surface area contributed by atoms with Crippen molar-refractivity contribution < 1.29 is 0 Å². The van der Waals surface area contributed by atoms with Crippen LogP contribution in [-0.4, -0.2) is 62.7 Å². The number of hydrogen-bond donors (Lipinski definition) is 0. The van der Waals surface area contributed by atoms with Crippen LogP contribution < -0.4 is 0 Å². The van der Waals surface area contributed by atoms with E-state index < -0.39 is 0 Å². The summed E-state index contributed by atoms with van der Waals surface area (Å²) < 4.78 is 0. The van der Waals surface area contributed by atoms with Gasteiger partial charge in [-0.25, -0.2) is 0 Å². The summed E-state index contributed by atoms with van der Waals surface area (Å²) in [6, 6.07) is 0. The zero-order valence-electron chi connectivity index (χ0n) is 2.06. The zero-order valence-corrected chi connectivity index (χ0v) is 10.5. The predicted molar refractivity (Wildman–Crippen MR) is 27.6 cm³/mol. The fourth-order valence-electron chi connectivity index (χ4n) is 0. The molecule has 20 valence electrons. The smallest absolute Gasteiger partial charge is 0 e. The molecular weight excluding hydrogens is 296 g/mol. The molecule has 0 nitrogen and oxygen atoms in total. The first kappa shape index (κ1) is 32.6. The summed E-state index contributed by atoms with van der Waals surface area (Å²) in [6.07, 6.45) is 0. The molecule has 0 fully saturated rings. The van der Waals surface area contributed by atoms with E-state index in [4.69, 9.17) is 0 Å². The average molecular weight is 298 g/mol. The van der Waals surface area contributed by atoms with Gasteiger partial charge in [-0.1, -0.05) is 0 Å². The average Bonchev–Trinajstić information content (AvgIpc) is 0. The van der Waals surface area contributed by atoms with Gasteiger partial charge in [0.1, 0.15) is 0 Å². The quantitative estimate of drug-likeness (QED) is 0.502. The molecule has 0 aliphatic heterocycles. The van der Waals surface area contributed by atoms with E-state index in [1.54, 1.807) is 0 Å². The third-order valence-electron chi connectivity index (χ3n) is 0. The van der Waals surface area contributed by atoms with E-state index in [1.165, 1.54) is 0 Å². The molecule has 0 rings (SSSR count). The summed E-state index contributed by atoms with van der Waals surface area (Å²) in [5.41, 5.74) is 0. The molecule has 0 saturated heterocycles. The molecule has 0 aliphatic rings. The Kier molecular flexibility index (Phi) is 149. The molecule has 0 aromatic carbocycles. The Morgan fingerprint density at radius 3 is 1.00 bits per heavy atom. The molecule has 0 heterocycles. The van der Waals surface area contributed by atoms with Crippen molar-refractivity contribution >= 4 is 76.2 Å². The van der Waals surface area contributed by atoms with Crippen molar-refractivity contribution in [2.45, 2.75) is 0 Å². The van der Waals surface area contributed by atoms with E-state index in [9.17, 15) is 0 Å². The fourth-order valence-corrected chi connectivity index (χ4v) is 0. The normalized spacial score (nSPS) is 0. The van der Waals surface area contributed by atoms with Gasteiger partial charge in [0.2, 0.25) is 0 Å². The maximum Gasteiger partial charge on any atom is 0 e. The van der Waals surface area contributed by atoms with Crippen LogP contribution in [0.25, 0.3) is 0 Å². The van der Waals surface area contributed by atoms with Gasteiger partial charge < -0.3 is 0 Å². The van der Waals surface area contributed by atoms with E-state index in [-0.39, 0.29) is 76.2 Å². The van der Waals surface area contributed by atoms with Gasteiger partial charge >= 0.3 is 0 Å².